The van der Waals surface area contributed by atoms with Gasteiger partial charge in [0.2, 0.25) is 3.79 Å². The van der Waals surface area contributed by atoms with E-state index in [4.69, 9.17) is 104 Å². The van der Waals surface area contributed by atoms with Gasteiger partial charge in [-0.15, -0.1) is 34.8 Å². The Morgan fingerprint density at radius 1 is 0.700 bits per heavy atom. The van der Waals surface area contributed by atoms with Crippen LogP contribution in [0.2, 0.25) is 0 Å². The summed E-state index contributed by atoms with van der Waals surface area (Å²) in [5, 5.41) is -1.27. The zero-order valence-corrected chi connectivity index (χ0v) is 17.2. The number of rotatable bonds is 8. The summed E-state index contributed by atoms with van der Waals surface area (Å²) in [4.78, 5) is 0. The highest BCUT2D eigenvalue weighted by atomic mass is 35.6. The largest absolute Gasteiger partial charge is 0.208 e. The summed E-state index contributed by atoms with van der Waals surface area (Å²) in [6.45, 7) is 0. The van der Waals surface area contributed by atoms with Crippen molar-refractivity contribution in [1.29, 1.82) is 0 Å². The Balaban J connectivity index is 3.72. The molecule has 9 heteroatoms. The average molecular weight is 466 g/mol. The lowest BCUT2D eigenvalue weighted by Gasteiger charge is -2.22. The molecule has 0 nitrogen and oxygen atoms in total. The molecule has 0 radical (unpaired) electrons. The molecule has 0 spiro atoms. The Hall–Kier alpha value is 2.61. The van der Waals surface area contributed by atoms with Crippen molar-refractivity contribution in [3.8, 4) is 0 Å². The first-order valence-corrected chi connectivity index (χ1v) is 9.57. The smallest absolute Gasteiger partial charge is 0.123 e. The highest BCUT2D eigenvalue weighted by Crippen LogP contribution is 2.38. The van der Waals surface area contributed by atoms with Crippen molar-refractivity contribution in [3.05, 3.63) is 0 Å². The lowest BCUT2D eigenvalue weighted by Crippen LogP contribution is -2.29. The molecule has 122 valence electrons. The molecule has 0 aliphatic rings. The van der Waals surface area contributed by atoms with Gasteiger partial charge in [0.15, 0.2) is 3.79 Å². The molecule has 3 unspecified atom stereocenters. The van der Waals surface area contributed by atoms with E-state index < -0.39 is 18.3 Å². The Kier molecular flexibility index (Phi) is 11.8. The number of hydrogen-bond acceptors (Lipinski definition) is 0. The van der Waals surface area contributed by atoms with Crippen LogP contribution in [0, 0.1) is 0 Å². The van der Waals surface area contributed by atoms with Crippen LogP contribution < -0.4 is 0 Å². The summed E-state index contributed by atoms with van der Waals surface area (Å²) in [5.74, 6) is 0. The van der Waals surface area contributed by atoms with Crippen molar-refractivity contribution in [1.82, 2.24) is 0 Å². The fraction of sp³-hybridized carbons (Fsp3) is 1.00. The third-order valence-electron chi connectivity index (χ3n) is 2.58. The molecule has 0 N–H and O–H groups in total. The first-order chi connectivity index (χ1) is 8.93. The number of alkyl halides is 9. The van der Waals surface area contributed by atoms with E-state index in [0.717, 1.165) is 25.7 Å². The van der Waals surface area contributed by atoms with Crippen LogP contribution in [0.25, 0.3) is 0 Å². The average Bonchev–Trinajstić information content (AvgIpc) is 2.23. The van der Waals surface area contributed by atoms with Gasteiger partial charge in [-0.3, -0.25) is 0 Å². The molecule has 0 aliphatic heterocycles. The van der Waals surface area contributed by atoms with Gasteiger partial charge in [0, 0.05) is 11.8 Å². The van der Waals surface area contributed by atoms with Gasteiger partial charge >= 0.3 is 0 Å². The summed E-state index contributed by atoms with van der Waals surface area (Å²) in [6.07, 6.45) is 4.50. The van der Waals surface area contributed by atoms with E-state index in [2.05, 4.69) is 0 Å². The highest BCUT2D eigenvalue weighted by molar-refractivity contribution is 6.70. The lowest BCUT2D eigenvalue weighted by atomic mass is 10.1. The maximum atomic E-state index is 6.08. The van der Waals surface area contributed by atoms with Crippen molar-refractivity contribution in [2.75, 3.05) is 0 Å². The molecular formula is C11H15Cl9. The summed E-state index contributed by atoms with van der Waals surface area (Å²) in [6, 6.07) is 0. The van der Waals surface area contributed by atoms with Crippen LogP contribution >= 0.6 is 104 Å². The van der Waals surface area contributed by atoms with E-state index in [-0.39, 0.29) is 5.38 Å². The molecule has 0 amide bonds. The number of unbranched alkanes of at least 4 members (excludes halogenated alkanes) is 2. The molecule has 0 fully saturated rings. The molecule has 0 rings (SSSR count). The quantitative estimate of drug-likeness (QED) is 0.252. The molecule has 20 heavy (non-hydrogen) atoms. The van der Waals surface area contributed by atoms with Crippen molar-refractivity contribution in [2.45, 2.75) is 62.2 Å². The van der Waals surface area contributed by atoms with Crippen molar-refractivity contribution in [3.63, 3.8) is 0 Å². The molecule has 0 aromatic carbocycles. The molecule has 0 bridgehead atoms. The van der Waals surface area contributed by atoms with Crippen LogP contribution in [-0.4, -0.2) is 23.7 Å². The molecule has 0 aliphatic carbocycles. The fourth-order valence-electron chi connectivity index (χ4n) is 1.59. The standard InChI is InChI=1S/C11H15Cl9/c12-7(6-10(15,16)17)4-2-1-3-5-8(13)9(14)11(18,19)20/h7-9H,1-6H2. The van der Waals surface area contributed by atoms with Crippen LogP contribution in [0.4, 0.5) is 0 Å². The van der Waals surface area contributed by atoms with E-state index in [1.54, 1.807) is 0 Å². The van der Waals surface area contributed by atoms with Gasteiger partial charge in [-0.2, -0.15) is 0 Å². The third-order valence-corrected chi connectivity index (χ3v) is 5.69. The fourth-order valence-corrected chi connectivity index (χ4v) is 3.89. The van der Waals surface area contributed by atoms with E-state index in [1.165, 1.54) is 0 Å². The van der Waals surface area contributed by atoms with Gasteiger partial charge in [-0.25, -0.2) is 0 Å². The number of halogens is 9. The molecule has 0 aromatic rings. The Labute approximate surface area is 165 Å². The Morgan fingerprint density at radius 3 is 1.65 bits per heavy atom. The van der Waals surface area contributed by atoms with Gasteiger partial charge < -0.3 is 0 Å². The van der Waals surface area contributed by atoms with Crippen molar-refractivity contribution < 1.29 is 0 Å². The second-order valence-electron chi connectivity index (χ2n) is 4.51. The zero-order valence-electron chi connectivity index (χ0n) is 10.4. The maximum Gasteiger partial charge on any atom is 0.208 e. The van der Waals surface area contributed by atoms with Crippen LogP contribution in [0.3, 0.4) is 0 Å². The first kappa shape index (κ1) is 22.6. The summed E-state index contributed by atoms with van der Waals surface area (Å²) in [7, 11) is 0. The van der Waals surface area contributed by atoms with Crippen LogP contribution in [-0.2, 0) is 0 Å². The van der Waals surface area contributed by atoms with Crippen molar-refractivity contribution >= 4 is 104 Å². The molecule has 0 aromatic heterocycles. The summed E-state index contributed by atoms with van der Waals surface area (Å²) in [5.41, 5.74) is 0. The summed E-state index contributed by atoms with van der Waals surface area (Å²) >= 11 is 52.1. The monoisotopic (exact) mass is 462 g/mol. The Bertz CT molecular complexity index is 258. The van der Waals surface area contributed by atoms with Gasteiger partial charge in [0.05, 0.1) is 10.8 Å². The Morgan fingerprint density at radius 2 is 1.20 bits per heavy atom. The minimum atomic E-state index is -1.56. The van der Waals surface area contributed by atoms with Gasteiger partial charge in [0.25, 0.3) is 0 Å². The van der Waals surface area contributed by atoms with Gasteiger partial charge in [-0.1, -0.05) is 88.9 Å². The topological polar surface area (TPSA) is 0 Å². The molecule has 3 atom stereocenters. The van der Waals surface area contributed by atoms with Crippen molar-refractivity contribution in [2.24, 2.45) is 0 Å². The minimum absolute atomic E-state index is 0.156. The van der Waals surface area contributed by atoms with E-state index in [1.807, 2.05) is 0 Å². The van der Waals surface area contributed by atoms with Gasteiger partial charge in [0.1, 0.15) is 0 Å². The van der Waals surface area contributed by atoms with Crippen LogP contribution in [0.15, 0.2) is 0 Å². The SMILES string of the molecule is ClC(CCCCCC(Cl)C(Cl)C(Cl)(Cl)Cl)CC(Cl)(Cl)Cl. The lowest BCUT2D eigenvalue weighted by molar-refractivity contribution is 0.571. The summed E-state index contributed by atoms with van der Waals surface area (Å²) < 4.78 is -2.86. The van der Waals surface area contributed by atoms with Crippen LogP contribution in [0.5, 0.6) is 0 Å². The first-order valence-electron chi connectivity index (χ1n) is 5.99. The minimum Gasteiger partial charge on any atom is -0.123 e. The van der Waals surface area contributed by atoms with E-state index in [0.29, 0.717) is 12.8 Å². The molecule has 0 saturated heterocycles. The van der Waals surface area contributed by atoms with E-state index >= 15 is 0 Å². The van der Waals surface area contributed by atoms with Gasteiger partial charge in [-0.05, 0) is 12.8 Å². The zero-order chi connectivity index (χ0) is 16.0. The second kappa shape index (κ2) is 10.5. The normalized spacial score (nSPS) is 17.9. The maximum absolute atomic E-state index is 6.08. The van der Waals surface area contributed by atoms with Crippen LogP contribution in [0.1, 0.15) is 38.5 Å². The predicted octanol–water partition coefficient (Wildman–Crippen LogP) is 7.89. The highest BCUT2D eigenvalue weighted by Gasteiger charge is 2.35. The molecule has 0 saturated carbocycles. The number of hydrogen-bond donors (Lipinski definition) is 0. The second-order valence-corrected chi connectivity index (χ2v) is 11.0. The predicted molar refractivity (Wildman–Crippen MR) is 97.2 cm³/mol. The molecule has 0 heterocycles. The molecular weight excluding hydrogens is 451 g/mol. The third kappa shape index (κ3) is 12.1. The van der Waals surface area contributed by atoms with E-state index in [9.17, 15) is 0 Å².